The number of aromatic nitrogens is 4. The number of rotatable bonds is 26. The second kappa shape index (κ2) is 36.3. The molecule has 0 aromatic carbocycles. The fourth-order valence-corrected chi connectivity index (χ4v) is 21.1. The van der Waals surface area contributed by atoms with Gasteiger partial charge in [0.2, 0.25) is 41.2 Å². The van der Waals surface area contributed by atoms with Crippen molar-refractivity contribution in [3.8, 4) is 0 Å². The number of carbonyl (C=O) groups is 11. The maximum Gasteiger partial charge on any atom is 0.289 e. The van der Waals surface area contributed by atoms with Gasteiger partial charge < -0.3 is 57.4 Å². The lowest BCUT2D eigenvalue weighted by Crippen LogP contribution is -2.62. The number of hydrogen-bond donors (Lipinski definition) is 9. The highest BCUT2D eigenvalue weighted by molar-refractivity contribution is 8.19. The average Bonchev–Trinajstić information content (AvgIpc) is 1.61. The molecular weight excluding hydrogens is 1380 g/mol. The molecular formula is C72H108N14O12S4. The van der Waals surface area contributed by atoms with E-state index in [1.54, 1.807) is 56.8 Å². The minimum Gasteiger partial charge on any atom is -0.381 e. The Morgan fingerprint density at radius 1 is 0.510 bits per heavy atom. The first-order valence-corrected chi connectivity index (χ1v) is 40.9. The molecule has 9 atom stereocenters. The third-order valence-corrected chi connectivity index (χ3v) is 27.1. The molecule has 0 bridgehead atoms. The highest BCUT2D eigenvalue weighted by Crippen LogP contribution is 2.52. The fraction of sp³-hybridized carbons (Fsp3) is 0.736. The van der Waals surface area contributed by atoms with E-state index >= 15 is 0 Å². The Morgan fingerprint density at radius 2 is 0.922 bits per heavy atom. The van der Waals surface area contributed by atoms with E-state index in [-0.39, 0.29) is 45.3 Å². The quantitative estimate of drug-likeness (QED) is 0.0505. The monoisotopic (exact) mass is 1490 g/mol. The summed E-state index contributed by atoms with van der Waals surface area (Å²) in [6.07, 6.45) is 24.1. The minimum atomic E-state index is -1.41. The molecule has 102 heavy (non-hydrogen) atoms. The van der Waals surface area contributed by atoms with Crippen molar-refractivity contribution >= 4 is 112 Å². The standard InChI is InChI=1S/C36H55N7O6S2.C36H53N7O6S2/c2*1-5-10-24(28(44)33(48)39-23-13-14-23)40-31(46)26-19-36(50-17-9-18-51-36)21-43(26)34(49)29(35(2,3)4)42-32(47)27(22-11-7-6-8-12-22)41-30(45)25-20-37-15-16-38-25/h15-16,20,22-24,26-29,44H,5-14,17-19,21H2,1-4H3,(H,39,48)(H,40,46)(H,41,45)(H,42,47);15-16,20,22-24,26-27,29H,5-14,17-19,21H2,1-4H3,(H,39,48)(H,40,46)(H,41,45)(H,42,47)/t24-,26-,27-,28?,29+;24-,26-,27-,29+/m00/s1. The Balaban J connectivity index is 0.000000237. The second-order valence-corrected chi connectivity index (χ2v) is 37.3. The summed E-state index contributed by atoms with van der Waals surface area (Å²) < 4.78 is -0.800. The van der Waals surface area contributed by atoms with Gasteiger partial charge in [0.1, 0.15) is 47.6 Å². The van der Waals surface area contributed by atoms with Gasteiger partial charge in [-0.05, 0) is 123 Å². The number of amides is 10. The lowest BCUT2D eigenvalue weighted by molar-refractivity contribution is -0.145. The van der Waals surface area contributed by atoms with Crippen molar-refractivity contribution in [1.82, 2.24) is 72.3 Å². The Hall–Kier alpha value is -6.11. The van der Waals surface area contributed by atoms with E-state index in [2.05, 4.69) is 62.5 Å². The first-order chi connectivity index (χ1) is 48.6. The lowest BCUT2D eigenvalue weighted by Gasteiger charge is -2.38. The number of nitrogens with one attached hydrogen (secondary N) is 8. The molecule has 4 saturated heterocycles. The van der Waals surface area contributed by atoms with E-state index in [1.165, 1.54) is 37.2 Å². The Morgan fingerprint density at radius 3 is 1.30 bits per heavy atom. The van der Waals surface area contributed by atoms with Crippen LogP contribution in [0.3, 0.4) is 0 Å². The molecule has 0 radical (unpaired) electrons. The van der Waals surface area contributed by atoms with Gasteiger partial charge in [0, 0.05) is 62.8 Å². The second-order valence-electron chi connectivity index (χ2n) is 30.9. The van der Waals surface area contributed by atoms with Crippen molar-refractivity contribution in [2.75, 3.05) is 36.1 Å². The summed E-state index contributed by atoms with van der Waals surface area (Å²) >= 11 is 7.01. The van der Waals surface area contributed by atoms with Gasteiger partial charge in [0.25, 0.3) is 23.6 Å². The van der Waals surface area contributed by atoms with Crippen LogP contribution in [-0.2, 0) is 43.2 Å². The molecule has 30 heteroatoms. The summed E-state index contributed by atoms with van der Waals surface area (Å²) in [5, 5.41) is 34.2. The first kappa shape index (κ1) is 80.0. The Labute approximate surface area is 617 Å². The van der Waals surface area contributed by atoms with Crippen molar-refractivity contribution in [3.05, 3.63) is 48.6 Å². The molecule has 26 nitrogen and oxygen atoms in total. The van der Waals surface area contributed by atoms with Gasteiger partial charge in [0.15, 0.2) is 6.10 Å². The highest BCUT2D eigenvalue weighted by atomic mass is 32.2. The predicted octanol–water partition coefficient (Wildman–Crippen LogP) is 5.76. The molecule has 4 aliphatic heterocycles. The summed E-state index contributed by atoms with van der Waals surface area (Å²) in [5.74, 6) is -2.08. The topological polar surface area (TPSA) is 362 Å². The Kier molecular flexibility index (Phi) is 28.4. The van der Waals surface area contributed by atoms with Gasteiger partial charge in [-0.15, -0.1) is 47.0 Å². The van der Waals surface area contributed by atoms with Gasteiger partial charge in [-0.2, -0.15) is 0 Å². The molecule has 4 aliphatic carbocycles. The summed E-state index contributed by atoms with van der Waals surface area (Å²) in [5.41, 5.74) is -1.31. The zero-order valence-electron chi connectivity index (χ0n) is 60.5. The predicted molar refractivity (Wildman–Crippen MR) is 394 cm³/mol. The molecule has 8 aliphatic rings. The van der Waals surface area contributed by atoms with Crippen LogP contribution in [0.15, 0.2) is 37.2 Å². The zero-order valence-corrected chi connectivity index (χ0v) is 63.8. The maximum atomic E-state index is 14.8. The van der Waals surface area contributed by atoms with Crippen molar-refractivity contribution in [1.29, 1.82) is 0 Å². The first-order valence-electron chi connectivity index (χ1n) is 37.0. The van der Waals surface area contributed by atoms with Gasteiger partial charge in [-0.1, -0.05) is 107 Å². The highest BCUT2D eigenvalue weighted by Gasteiger charge is 2.56. The van der Waals surface area contributed by atoms with Crippen molar-refractivity contribution in [3.63, 3.8) is 0 Å². The SMILES string of the molecule is CCC[C@H](NC(=O)[C@@H]1CC2(CN1C(=O)[C@@H](NC(=O)[C@@H](NC(=O)c1cnccn1)C1CCCCC1)C(C)(C)C)SCCCS2)C(=O)C(=O)NC1CC1.CCC[C@H](NC(=O)[C@@H]1CC2(CN1C(=O)[C@@H](NC(=O)[C@@H](NC(=O)c1cnccn1)C1CCCCC1)C(C)(C)C)SCCCS2)C(O)C(=O)NC1CC1. The number of nitrogens with zero attached hydrogens (tertiary/aromatic N) is 6. The molecule has 2 aromatic rings. The van der Waals surface area contributed by atoms with E-state index < -0.39 is 128 Å². The third kappa shape index (κ3) is 21.5. The van der Waals surface area contributed by atoms with Crippen LogP contribution in [0.2, 0.25) is 0 Å². The van der Waals surface area contributed by atoms with Crippen LogP contribution in [0.4, 0.5) is 0 Å². The Bertz CT molecular complexity index is 3260. The summed E-state index contributed by atoms with van der Waals surface area (Å²) in [4.78, 5) is 171. The molecule has 6 heterocycles. The van der Waals surface area contributed by atoms with Crippen LogP contribution < -0.4 is 42.5 Å². The van der Waals surface area contributed by atoms with Gasteiger partial charge in [-0.25, -0.2) is 9.97 Å². The molecule has 2 spiro atoms. The van der Waals surface area contributed by atoms with Crippen molar-refractivity contribution in [2.24, 2.45) is 22.7 Å². The van der Waals surface area contributed by atoms with Gasteiger partial charge >= 0.3 is 0 Å². The number of likely N-dealkylation sites (tertiary alicyclic amines) is 2. The average molecular weight is 1490 g/mol. The number of hydrogen-bond acceptors (Lipinski definition) is 20. The molecule has 10 amide bonds. The zero-order chi connectivity index (χ0) is 73.5. The number of aliphatic hydroxyl groups is 1. The fourth-order valence-electron chi connectivity index (χ4n) is 14.4. The number of aliphatic hydroxyl groups excluding tert-OH is 1. The smallest absolute Gasteiger partial charge is 0.289 e. The summed E-state index contributed by atoms with van der Waals surface area (Å²) in [6, 6.07) is -7.32. The molecule has 10 rings (SSSR count). The molecule has 1 unspecified atom stereocenters. The normalized spacial score (nSPS) is 22.7. The number of ketones is 1. The van der Waals surface area contributed by atoms with Crippen LogP contribution in [0.25, 0.3) is 0 Å². The third-order valence-electron chi connectivity index (χ3n) is 20.4. The van der Waals surface area contributed by atoms with Gasteiger partial charge in [-0.3, -0.25) is 62.7 Å². The van der Waals surface area contributed by atoms with Crippen LogP contribution in [0.5, 0.6) is 0 Å². The number of carbonyl (C=O) groups excluding carboxylic acids is 11. The van der Waals surface area contributed by atoms with E-state index in [1.807, 2.05) is 55.4 Å². The van der Waals surface area contributed by atoms with Crippen LogP contribution in [0, 0.1) is 22.7 Å². The van der Waals surface area contributed by atoms with Crippen molar-refractivity contribution < 1.29 is 57.8 Å². The largest absolute Gasteiger partial charge is 0.381 e. The molecule has 562 valence electrons. The summed E-state index contributed by atoms with van der Waals surface area (Å²) in [6.45, 7) is 15.6. The van der Waals surface area contributed by atoms with Crippen molar-refractivity contribution in [2.45, 2.75) is 271 Å². The van der Waals surface area contributed by atoms with E-state index in [0.29, 0.717) is 51.6 Å². The lowest BCUT2D eigenvalue weighted by atomic mass is 9.82. The molecule has 4 saturated carbocycles. The van der Waals surface area contributed by atoms with Crippen LogP contribution >= 0.6 is 47.0 Å². The van der Waals surface area contributed by atoms with E-state index in [4.69, 9.17) is 0 Å². The summed E-state index contributed by atoms with van der Waals surface area (Å²) in [7, 11) is 0. The molecule has 2 aromatic heterocycles. The molecule has 9 N–H and O–H groups in total. The van der Waals surface area contributed by atoms with Gasteiger partial charge in [0.05, 0.1) is 32.6 Å². The maximum absolute atomic E-state index is 14.8. The number of Topliss-reactive ketones (excluding diaryl/α,β-unsaturated/α-hetero) is 1. The van der Waals surface area contributed by atoms with E-state index in [0.717, 1.165) is 126 Å². The number of thioether (sulfide) groups is 4. The minimum absolute atomic E-state index is 0.00479. The van der Waals surface area contributed by atoms with Crippen LogP contribution in [-0.4, -0.2) is 210 Å². The van der Waals surface area contributed by atoms with Crippen LogP contribution in [0.1, 0.15) is 218 Å². The van der Waals surface area contributed by atoms with E-state index in [9.17, 15) is 57.8 Å². The molecule has 8 fully saturated rings.